The van der Waals surface area contributed by atoms with Crippen LogP contribution in [0.2, 0.25) is 0 Å². The third kappa shape index (κ3) is 3.05. The van der Waals surface area contributed by atoms with E-state index in [9.17, 15) is 0 Å². The molecule has 0 bridgehead atoms. The van der Waals surface area contributed by atoms with E-state index >= 15 is 0 Å². The lowest BCUT2D eigenvalue weighted by Gasteiger charge is -2.06. The first-order valence-electron chi connectivity index (χ1n) is 6.34. The van der Waals surface area contributed by atoms with Gasteiger partial charge in [-0.05, 0) is 25.6 Å². The summed E-state index contributed by atoms with van der Waals surface area (Å²) in [6.45, 7) is 4.77. The molecule has 7 heteroatoms. The van der Waals surface area contributed by atoms with Crippen molar-refractivity contribution in [1.29, 1.82) is 0 Å². The molecule has 0 radical (unpaired) electrons. The van der Waals surface area contributed by atoms with Crippen LogP contribution in [0.3, 0.4) is 0 Å². The molecular formula is C12H20N4O2S. The molecule has 0 saturated carbocycles. The van der Waals surface area contributed by atoms with Crippen molar-refractivity contribution in [3.63, 3.8) is 0 Å². The normalized spacial score (nSPS) is 11.5. The smallest absolute Gasteiger partial charge is 0.179 e. The zero-order valence-corrected chi connectivity index (χ0v) is 12.4. The Labute approximate surface area is 117 Å². The predicted molar refractivity (Wildman–Crippen MR) is 75.9 cm³/mol. The molecule has 2 aromatic rings. The third-order valence-electron chi connectivity index (χ3n) is 3.03. The largest absolute Gasteiger partial charge is 0.382 e. The summed E-state index contributed by atoms with van der Waals surface area (Å²) < 4.78 is 15.1. The van der Waals surface area contributed by atoms with Gasteiger partial charge in [0.2, 0.25) is 0 Å². The molecule has 2 aromatic heterocycles. The Kier molecular flexibility index (Phi) is 4.73. The monoisotopic (exact) mass is 284 g/mol. The summed E-state index contributed by atoms with van der Waals surface area (Å²) >= 11 is 5.35. The number of aromatic amines is 1. The second-order valence-electron chi connectivity index (χ2n) is 4.45. The van der Waals surface area contributed by atoms with Crippen molar-refractivity contribution in [2.75, 3.05) is 26.9 Å². The van der Waals surface area contributed by atoms with E-state index in [2.05, 4.69) is 14.6 Å². The van der Waals surface area contributed by atoms with Crippen LogP contribution in [0.1, 0.15) is 12.1 Å². The van der Waals surface area contributed by atoms with E-state index in [0.717, 1.165) is 34.6 Å². The van der Waals surface area contributed by atoms with Gasteiger partial charge in [-0.3, -0.25) is 4.68 Å². The fraction of sp³-hybridized carbons (Fsp3) is 0.667. The number of aromatic nitrogens is 4. The molecule has 106 valence electrons. The number of H-pyrrole nitrogens is 1. The number of nitrogens with one attached hydrogen (secondary N) is 1. The Morgan fingerprint density at radius 1 is 1.32 bits per heavy atom. The molecule has 0 amide bonds. The Hall–Kier alpha value is -1.18. The van der Waals surface area contributed by atoms with Crippen LogP contribution in [-0.4, -0.2) is 46.3 Å². The van der Waals surface area contributed by atoms with E-state index in [1.54, 1.807) is 7.11 Å². The van der Waals surface area contributed by atoms with Crippen molar-refractivity contribution in [2.45, 2.75) is 19.9 Å². The molecule has 0 aliphatic rings. The average molecular weight is 284 g/mol. The lowest BCUT2D eigenvalue weighted by Crippen LogP contribution is -2.08. The number of fused-ring (bicyclic) bond motifs is 1. The lowest BCUT2D eigenvalue weighted by molar-refractivity contribution is 0.0680. The Morgan fingerprint density at radius 3 is 2.84 bits per heavy atom. The summed E-state index contributed by atoms with van der Waals surface area (Å²) in [6.07, 6.45) is 0.912. The second-order valence-corrected chi connectivity index (χ2v) is 4.83. The third-order valence-corrected chi connectivity index (χ3v) is 3.35. The van der Waals surface area contributed by atoms with Gasteiger partial charge in [0.05, 0.1) is 18.9 Å². The summed E-state index contributed by atoms with van der Waals surface area (Å²) in [5, 5.41) is 4.39. The number of imidazole rings is 1. The molecule has 0 fully saturated rings. The molecule has 2 heterocycles. The SMILES string of the molecule is COCCOCCCn1c(=S)[nH]c2c(C)nn(C)c21. The molecule has 0 saturated heterocycles. The molecule has 0 aliphatic heterocycles. The van der Waals surface area contributed by atoms with Crippen LogP contribution in [0.4, 0.5) is 0 Å². The number of hydrogen-bond donors (Lipinski definition) is 1. The van der Waals surface area contributed by atoms with Gasteiger partial charge in [-0.1, -0.05) is 0 Å². The van der Waals surface area contributed by atoms with Crippen LogP contribution < -0.4 is 0 Å². The predicted octanol–water partition coefficient (Wildman–Crippen LogP) is 1.79. The molecule has 0 spiro atoms. The Balaban J connectivity index is 2.00. The van der Waals surface area contributed by atoms with E-state index in [4.69, 9.17) is 21.7 Å². The van der Waals surface area contributed by atoms with E-state index in [-0.39, 0.29) is 0 Å². The zero-order chi connectivity index (χ0) is 13.8. The van der Waals surface area contributed by atoms with Crippen LogP contribution >= 0.6 is 12.2 Å². The summed E-state index contributed by atoms with van der Waals surface area (Å²) in [7, 11) is 3.60. The number of aryl methyl sites for hydroxylation is 3. The topological polar surface area (TPSA) is 57.0 Å². The maximum Gasteiger partial charge on any atom is 0.179 e. The van der Waals surface area contributed by atoms with Gasteiger partial charge >= 0.3 is 0 Å². The van der Waals surface area contributed by atoms with Crippen molar-refractivity contribution < 1.29 is 9.47 Å². The van der Waals surface area contributed by atoms with Gasteiger partial charge in [0.15, 0.2) is 10.4 Å². The van der Waals surface area contributed by atoms with Crippen LogP contribution in [0.5, 0.6) is 0 Å². The van der Waals surface area contributed by atoms with E-state index in [0.29, 0.717) is 19.8 Å². The molecule has 0 unspecified atom stereocenters. The fourth-order valence-electron chi connectivity index (χ4n) is 2.15. The van der Waals surface area contributed by atoms with Crippen LogP contribution in [0.25, 0.3) is 11.2 Å². The number of methoxy groups -OCH3 is 1. The average Bonchev–Trinajstić information content (AvgIpc) is 2.83. The quantitative estimate of drug-likeness (QED) is 0.622. The second kappa shape index (κ2) is 6.31. The molecule has 6 nitrogen and oxygen atoms in total. The van der Waals surface area contributed by atoms with E-state index < -0.39 is 0 Å². The molecule has 2 rings (SSSR count). The van der Waals surface area contributed by atoms with Gasteiger partial charge in [-0.15, -0.1) is 0 Å². The first-order chi connectivity index (χ1) is 9.15. The first-order valence-corrected chi connectivity index (χ1v) is 6.74. The zero-order valence-electron chi connectivity index (χ0n) is 11.6. The molecule has 0 aliphatic carbocycles. The summed E-state index contributed by atoms with van der Waals surface area (Å²) in [4.78, 5) is 3.21. The van der Waals surface area contributed by atoms with Crippen molar-refractivity contribution >= 4 is 23.4 Å². The highest BCUT2D eigenvalue weighted by Gasteiger charge is 2.11. The van der Waals surface area contributed by atoms with Crippen molar-refractivity contribution in [3.8, 4) is 0 Å². The molecule has 0 atom stereocenters. The standard InChI is InChI=1S/C12H20N4O2S/c1-9-10-11(15(2)14-9)16(12(19)13-10)5-4-6-18-8-7-17-3/h4-8H2,1-3H3,(H,13,19). The highest BCUT2D eigenvalue weighted by molar-refractivity contribution is 7.71. The highest BCUT2D eigenvalue weighted by Crippen LogP contribution is 2.17. The minimum atomic E-state index is 0.634. The minimum absolute atomic E-state index is 0.634. The van der Waals surface area contributed by atoms with Crippen LogP contribution in [-0.2, 0) is 23.1 Å². The van der Waals surface area contributed by atoms with E-state index in [1.807, 2.05) is 18.7 Å². The number of nitrogens with zero attached hydrogens (tertiary/aromatic N) is 3. The molecule has 1 N–H and O–H groups in total. The molecular weight excluding hydrogens is 264 g/mol. The van der Waals surface area contributed by atoms with Crippen molar-refractivity contribution in [3.05, 3.63) is 10.5 Å². The lowest BCUT2D eigenvalue weighted by atomic mass is 10.4. The number of hydrogen-bond acceptors (Lipinski definition) is 4. The fourth-order valence-corrected chi connectivity index (χ4v) is 2.43. The van der Waals surface area contributed by atoms with Crippen LogP contribution in [0.15, 0.2) is 0 Å². The van der Waals surface area contributed by atoms with Gasteiger partial charge in [-0.2, -0.15) is 5.10 Å². The summed E-state index contributed by atoms with van der Waals surface area (Å²) in [6, 6.07) is 0. The maximum absolute atomic E-state index is 5.45. The molecule has 19 heavy (non-hydrogen) atoms. The van der Waals surface area contributed by atoms with Crippen molar-refractivity contribution in [2.24, 2.45) is 7.05 Å². The van der Waals surface area contributed by atoms with Gasteiger partial charge in [-0.25, -0.2) is 0 Å². The highest BCUT2D eigenvalue weighted by atomic mass is 32.1. The van der Waals surface area contributed by atoms with Crippen LogP contribution in [0, 0.1) is 11.7 Å². The Bertz CT molecular complexity index is 599. The van der Waals surface area contributed by atoms with Gasteiger partial charge < -0.3 is 19.0 Å². The molecule has 0 aromatic carbocycles. The van der Waals surface area contributed by atoms with Crippen molar-refractivity contribution in [1.82, 2.24) is 19.3 Å². The first kappa shape index (κ1) is 14.2. The Morgan fingerprint density at radius 2 is 2.11 bits per heavy atom. The van der Waals surface area contributed by atoms with Gasteiger partial charge in [0, 0.05) is 27.3 Å². The number of rotatable bonds is 7. The summed E-state index contributed by atoms with van der Waals surface area (Å²) in [5.41, 5.74) is 3.03. The maximum atomic E-state index is 5.45. The van der Waals surface area contributed by atoms with Gasteiger partial charge in [0.1, 0.15) is 5.52 Å². The summed E-state index contributed by atoms with van der Waals surface area (Å²) in [5.74, 6) is 0. The minimum Gasteiger partial charge on any atom is -0.382 e. The van der Waals surface area contributed by atoms with Gasteiger partial charge in [0.25, 0.3) is 0 Å². The number of ether oxygens (including phenoxy) is 2. The van der Waals surface area contributed by atoms with E-state index in [1.165, 1.54) is 0 Å².